The van der Waals surface area contributed by atoms with Crippen molar-refractivity contribution in [2.45, 2.75) is 19.9 Å². The van der Waals surface area contributed by atoms with Gasteiger partial charge in [-0.1, -0.05) is 32.0 Å². The highest BCUT2D eigenvalue weighted by molar-refractivity contribution is 5.97. The van der Waals surface area contributed by atoms with E-state index in [9.17, 15) is 29.3 Å². The Labute approximate surface area is 183 Å². The molecule has 0 aromatic heterocycles. The number of benzene rings is 2. The van der Waals surface area contributed by atoms with E-state index in [0.717, 1.165) is 12.1 Å². The number of rotatable bonds is 8. The maximum atomic E-state index is 12.3. The minimum atomic E-state index is -0.981. The van der Waals surface area contributed by atoms with E-state index in [1.54, 1.807) is 44.2 Å². The molecule has 11 nitrogen and oxygen atoms in total. The van der Waals surface area contributed by atoms with Gasteiger partial charge in [0, 0.05) is 23.3 Å². The third-order valence-corrected chi connectivity index (χ3v) is 4.24. The van der Waals surface area contributed by atoms with Gasteiger partial charge in [-0.05, 0) is 30.2 Å². The number of nitro benzene ring substituents is 1. The number of amides is 3. The number of ether oxygens (including phenoxy) is 1. The molecule has 2 aromatic rings. The summed E-state index contributed by atoms with van der Waals surface area (Å²) in [5, 5.41) is 13.2. The standard InChI is InChI=1S/C21H22N4O7/c1-13(2)18(22-19(27)14-6-4-3-5-7-14)21(29)32-12-17(26)23-24-20(28)15-8-10-16(11-9-15)25(30)31/h3-11,13,18H,12H2,1-2H3,(H,22,27)(H,23,26)(H,24,28). The van der Waals surface area contributed by atoms with Gasteiger partial charge in [0.25, 0.3) is 23.4 Å². The molecule has 0 aliphatic rings. The van der Waals surface area contributed by atoms with Crippen molar-refractivity contribution in [1.82, 2.24) is 16.2 Å². The molecule has 11 heteroatoms. The van der Waals surface area contributed by atoms with E-state index in [4.69, 9.17) is 4.74 Å². The lowest BCUT2D eigenvalue weighted by Crippen LogP contribution is -2.47. The highest BCUT2D eigenvalue weighted by atomic mass is 16.6. The number of esters is 1. The number of nitro groups is 1. The van der Waals surface area contributed by atoms with Crippen LogP contribution in [0.3, 0.4) is 0 Å². The molecule has 3 amide bonds. The molecule has 0 heterocycles. The largest absolute Gasteiger partial charge is 0.454 e. The second kappa shape index (κ2) is 11.2. The third-order valence-electron chi connectivity index (χ3n) is 4.24. The number of hydrogen-bond acceptors (Lipinski definition) is 7. The van der Waals surface area contributed by atoms with Crippen LogP contribution in [-0.2, 0) is 14.3 Å². The third kappa shape index (κ3) is 6.90. The number of carbonyl (C=O) groups is 4. The van der Waals surface area contributed by atoms with E-state index in [2.05, 4.69) is 16.2 Å². The number of nitrogens with one attached hydrogen (secondary N) is 3. The summed E-state index contributed by atoms with van der Waals surface area (Å²) >= 11 is 0. The molecule has 0 fully saturated rings. The lowest BCUT2D eigenvalue weighted by Gasteiger charge is -2.20. The molecule has 0 aliphatic carbocycles. The number of carbonyl (C=O) groups excluding carboxylic acids is 4. The van der Waals surface area contributed by atoms with Crippen LogP contribution in [0.25, 0.3) is 0 Å². The highest BCUT2D eigenvalue weighted by Crippen LogP contribution is 2.11. The topological polar surface area (TPSA) is 157 Å². The van der Waals surface area contributed by atoms with Gasteiger partial charge in [-0.2, -0.15) is 0 Å². The molecule has 32 heavy (non-hydrogen) atoms. The molecule has 3 N–H and O–H groups in total. The Balaban J connectivity index is 1.83. The summed E-state index contributed by atoms with van der Waals surface area (Å²) in [7, 11) is 0. The van der Waals surface area contributed by atoms with Crippen LogP contribution in [0.4, 0.5) is 5.69 Å². The van der Waals surface area contributed by atoms with Crippen LogP contribution in [0.15, 0.2) is 54.6 Å². The summed E-state index contributed by atoms with van der Waals surface area (Å²) in [6, 6.07) is 12.1. The predicted octanol–water partition coefficient (Wildman–Crippen LogP) is 1.35. The molecule has 2 aromatic carbocycles. The second-order valence-corrected chi connectivity index (χ2v) is 6.98. The van der Waals surface area contributed by atoms with Crippen molar-refractivity contribution in [1.29, 1.82) is 0 Å². The van der Waals surface area contributed by atoms with Crippen LogP contribution in [0.5, 0.6) is 0 Å². The van der Waals surface area contributed by atoms with Gasteiger partial charge in [-0.25, -0.2) is 4.79 Å². The van der Waals surface area contributed by atoms with Gasteiger partial charge in [-0.3, -0.25) is 35.3 Å². The first kappa shape index (κ1) is 24.0. The average Bonchev–Trinajstić information content (AvgIpc) is 2.79. The smallest absolute Gasteiger partial charge is 0.329 e. The lowest BCUT2D eigenvalue weighted by molar-refractivity contribution is -0.384. The summed E-state index contributed by atoms with van der Waals surface area (Å²) in [6.45, 7) is 2.73. The molecule has 1 unspecified atom stereocenters. The Morgan fingerprint density at radius 3 is 2.06 bits per heavy atom. The maximum Gasteiger partial charge on any atom is 0.329 e. The zero-order chi connectivity index (χ0) is 23.7. The van der Waals surface area contributed by atoms with Crippen molar-refractivity contribution >= 4 is 29.4 Å². The van der Waals surface area contributed by atoms with Crippen molar-refractivity contribution in [3.05, 3.63) is 75.8 Å². The van der Waals surface area contributed by atoms with Crippen LogP contribution < -0.4 is 16.2 Å². The minimum absolute atomic E-state index is 0.0800. The Kier molecular flexibility index (Phi) is 8.40. The monoisotopic (exact) mass is 442 g/mol. The predicted molar refractivity (Wildman–Crippen MR) is 112 cm³/mol. The van der Waals surface area contributed by atoms with Gasteiger partial charge in [0.2, 0.25) is 0 Å². The van der Waals surface area contributed by atoms with Crippen LogP contribution in [0.2, 0.25) is 0 Å². The molecule has 0 saturated carbocycles. The first-order valence-corrected chi connectivity index (χ1v) is 9.55. The normalized spacial score (nSPS) is 11.2. The van der Waals surface area contributed by atoms with Crippen molar-refractivity contribution < 1.29 is 28.8 Å². The zero-order valence-corrected chi connectivity index (χ0v) is 17.4. The van der Waals surface area contributed by atoms with Gasteiger partial charge < -0.3 is 10.1 Å². The SMILES string of the molecule is CC(C)C(NC(=O)c1ccccc1)C(=O)OCC(=O)NNC(=O)c1ccc([N+](=O)[O-])cc1. The summed E-state index contributed by atoms with van der Waals surface area (Å²) < 4.78 is 4.95. The Bertz CT molecular complexity index is 991. The Morgan fingerprint density at radius 2 is 1.50 bits per heavy atom. The molecule has 0 aliphatic heterocycles. The van der Waals surface area contributed by atoms with Gasteiger partial charge in [0.1, 0.15) is 6.04 Å². The summed E-state index contributed by atoms with van der Waals surface area (Å²) in [5.74, 6) is -3.09. The first-order chi connectivity index (χ1) is 15.2. The lowest BCUT2D eigenvalue weighted by atomic mass is 10.0. The zero-order valence-electron chi connectivity index (χ0n) is 17.4. The Morgan fingerprint density at radius 1 is 0.906 bits per heavy atom. The van der Waals surface area contributed by atoms with Crippen molar-refractivity contribution in [3.63, 3.8) is 0 Å². The molecular weight excluding hydrogens is 420 g/mol. The molecule has 0 bridgehead atoms. The van der Waals surface area contributed by atoms with Crippen molar-refractivity contribution in [3.8, 4) is 0 Å². The molecule has 168 valence electrons. The number of non-ortho nitro benzene ring substituents is 1. The van der Waals surface area contributed by atoms with Gasteiger partial charge in [0.15, 0.2) is 6.61 Å². The van der Waals surface area contributed by atoms with Crippen molar-refractivity contribution in [2.24, 2.45) is 5.92 Å². The van der Waals surface area contributed by atoms with E-state index in [-0.39, 0.29) is 17.2 Å². The Hall–Kier alpha value is -4.28. The summed E-state index contributed by atoms with van der Waals surface area (Å²) in [6.07, 6.45) is 0. The molecule has 0 spiro atoms. The highest BCUT2D eigenvalue weighted by Gasteiger charge is 2.26. The molecule has 0 saturated heterocycles. The second-order valence-electron chi connectivity index (χ2n) is 6.98. The number of hydrazine groups is 1. The fourth-order valence-corrected chi connectivity index (χ4v) is 2.51. The van der Waals surface area contributed by atoms with Gasteiger partial charge in [0.05, 0.1) is 4.92 Å². The van der Waals surface area contributed by atoms with E-state index in [1.165, 1.54) is 12.1 Å². The quantitative estimate of drug-likeness (QED) is 0.316. The van der Waals surface area contributed by atoms with E-state index in [0.29, 0.717) is 5.56 Å². The molecule has 2 rings (SSSR count). The van der Waals surface area contributed by atoms with Gasteiger partial charge >= 0.3 is 5.97 Å². The van der Waals surface area contributed by atoms with Crippen LogP contribution >= 0.6 is 0 Å². The van der Waals surface area contributed by atoms with Crippen LogP contribution in [0.1, 0.15) is 34.6 Å². The van der Waals surface area contributed by atoms with Crippen molar-refractivity contribution in [2.75, 3.05) is 6.61 Å². The van der Waals surface area contributed by atoms with E-state index in [1.807, 2.05) is 0 Å². The minimum Gasteiger partial charge on any atom is -0.454 e. The summed E-state index contributed by atoms with van der Waals surface area (Å²) in [5.41, 5.74) is 4.45. The average molecular weight is 442 g/mol. The first-order valence-electron chi connectivity index (χ1n) is 9.55. The van der Waals surface area contributed by atoms with E-state index < -0.39 is 41.3 Å². The number of hydrogen-bond donors (Lipinski definition) is 3. The fourth-order valence-electron chi connectivity index (χ4n) is 2.51. The van der Waals surface area contributed by atoms with Crippen LogP contribution in [0, 0.1) is 16.0 Å². The van der Waals surface area contributed by atoms with Gasteiger partial charge in [-0.15, -0.1) is 0 Å². The molecule has 0 radical (unpaired) electrons. The number of nitrogens with zero attached hydrogens (tertiary/aromatic N) is 1. The molecular formula is C21H22N4O7. The van der Waals surface area contributed by atoms with Crippen LogP contribution in [-0.4, -0.2) is 41.3 Å². The fraction of sp³-hybridized carbons (Fsp3) is 0.238. The molecule has 1 atom stereocenters. The van der Waals surface area contributed by atoms with E-state index >= 15 is 0 Å². The maximum absolute atomic E-state index is 12.3. The summed E-state index contributed by atoms with van der Waals surface area (Å²) in [4.78, 5) is 58.5.